The Kier molecular flexibility index (Phi) is 1.63. The van der Waals surface area contributed by atoms with Crippen molar-refractivity contribution in [2.45, 2.75) is 13.8 Å². The molecule has 0 saturated carbocycles. The van der Waals surface area contributed by atoms with Gasteiger partial charge in [0.15, 0.2) is 0 Å². The van der Waals surface area contributed by atoms with Gasteiger partial charge in [0.25, 0.3) is 0 Å². The smallest absolute Gasteiger partial charge is 0.372 e. The lowest BCUT2D eigenvalue weighted by Crippen LogP contribution is -1.86. The fourth-order valence-electron chi connectivity index (χ4n) is 0.757. The quantitative estimate of drug-likeness (QED) is 0.503. The van der Waals surface area contributed by atoms with Gasteiger partial charge in [-0.3, -0.25) is 0 Å². The van der Waals surface area contributed by atoms with Gasteiger partial charge in [-0.25, -0.2) is 0 Å². The van der Waals surface area contributed by atoms with Crippen molar-refractivity contribution in [1.29, 1.82) is 0 Å². The Balaban J connectivity index is 3.22. The van der Waals surface area contributed by atoms with Crippen molar-refractivity contribution in [3.8, 4) is 0 Å². The zero-order valence-corrected chi connectivity index (χ0v) is 5.92. The van der Waals surface area contributed by atoms with Gasteiger partial charge in [0, 0.05) is 6.07 Å². The molecule has 0 bridgehead atoms. The SMILES string of the molecule is [C-]#[N+]c1nc(C)cc(C)n1. The van der Waals surface area contributed by atoms with Crippen molar-refractivity contribution in [1.82, 2.24) is 9.97 Å². The molecule has 0 spiro atoms. The summed E-state index contributed by atoms with van der Waals surface area (Å²) in [6, 6.07) is 1.84. The van der Waals surface area contributed by atoms with Crippen molar-refractivity contribution in [2.24, 2.45) is 0 Å². The minimum atomic E-state index is 0.234. The van der Waals surface area contributed by atoms with Crippen LogP contribution in [-0.4, -0.2) is 9.97 Å². The Morgan fingerprint density at radius 3 is 2.20 bits per heavy atom. The molecule has 1 heterocycles. The van der Waals surface area contributed by atoms with E-state index < -0.39 is 0 Å². The molecule has 0 atom stereocenters. The Labute approximate surface area is 59.6 Å². The maximum absolute atomic E-state index is 6.64. The van der Waals surface area contributed by atoms with Crippen molar-refractivity contribution in [3.05, 3.63) is 28.9 Å². The van der Waals surface area contributed by atoms with Gasteiger partial charge in [0.2, 0.25) is 0 Å². The maximum atomic E-state index is 6.64. The summed E-state index contributed by atoms with van der Waals surface area (Å²) in [5, 5.41) is 0. The van der Waals surface area contributed by atoms with E-state index in [1.807, 2.05) is 19.9 Å². The van der Waals surface area contributed by atoms with Crippen molar-refractivity contribution >= 4 is 5.95 Å². The zero-order valence-electron chi connectivity index (χ0n) is 5.92. The van der Waals surface area contributed by atoms with E-state index in [-0.39, 0.29) is 5.95 Å². The number of aryl methyl sites for hydroxylation is 2. The van der Waals surface area contributed by atoms with Crippen LogP contribution in [0.5, 0.6) is 0 Å². The highest BCUT2D eigenvalue weighted by Gasteiger charge is 1.98. The second-order valence-electron chi connectivity index (χ2n) is 2.06. The third kappa shape index (κ3) is 1.29. The summed E-state index contributed by atoms with van der Waals surface area (Å²) in [5.74, 6) is 0.234. The molecule has 0 aromatic carbocycles. The van der Waals surface area contributed by atoms with Crippen molar-refractivity contribution < 1.29 is 0 Å². The molecule has 0 unspecified atom stereocenters. The summed E-state index contributed by atoms with van der Waals surface area (Å²) in [5.41, 5.74) is 1.69. The van der Waals surface area contributed by atoms with Crippen molar-refractivity contribution in [2.75, 3.05) is 0 Å². The molecule has 3 nitrogen and oxygen atoms in total. The highest BCUT2D eigenvalue weighted by Crippen LogP contribution is 2.05. The summed E-state index contributed by atoms with van der Waals surface area (Å²) >= 11 is 0. The summed E-state index contributed by atoms with van der Waals surface area (Å²) in [7, 11) is 0. The normalized spacial score (nSPS) is 8.90. The molecule has 3 heteroatoms. The van der Waals surface area contributed by atoms with Crippen LogP contribution >= 0.6 is 0 Å². The highest BCUT2D eigenvalue weighted by molar-refractivity contribution is 5.27. The topological polar surface area (TPSA) is 30.1 Å². The molecule has 0 aliphatic carbocycles. The van der Waals surface area contributed by atoms with Crippen LogP contribution in [0.4, 0.5) is 5.95 Å². The monoisotopic (exact) mass is 133 g/mol. The fraction of sp³-hybridized carbons (Fsp3) is 0.286. The molecule has 10 heavy (non-hydrogen) atoms. The standard InChI is InChI=1S/C7H7N3/c1-5-4-6(2)10-7(8-3)9-5/h4H,1-2H3. The molecule has 0 saturated heterocycles. The van der Waals surface area contributed by atoms with Crippen LogP contribution in [-0.2, 0) is 0 Å². The van der Waals surface area contributed by atoms with Gasteiger partial charge in [-0.15, -0.1) is 6.57 Å². The fourth-order valence-corrected chi connectivity index (χ4v) is 0.757. The van der Waals surface area contributed by atoms with Gasteiger partial charge < -0.3 is 4.85 Å². The number of hydrogen-bond donors (Lipinski definition) is 0. The third-order valence-corrected chi connectivity index (χ3v) is 1.07. The summed E-state index contributed by atoms with van der Waals surface area (Å²) in [4.78, 5) is 10.9. The molecule has 0 aliphatic rings. The first-order chi connectivity index (χ1) is 4.72. The van der Waals surface area contributed by atoms with Gasteiger partial charge in [-0.05, 0) is 13.8 Å². The van der Waals surface area contributed by atoms with E-state index in [9.17, 15) is 0 Å². The Morgan fingerprint density at radius 2 is 1.80 bits per heavy atom. The molecule has 1 rings (SSSR count). The van der Waals surface area contributed by atoms with Crippen LogP contribution in [0.3, 0.4) is 0 Å². The van der Waals surface area contributed by atoms with Crippen LogP contribution in [0, 0.1) is 20.4 Å². The van der Waals surface area contributed by atoms with Gasteiger partial charge in [0.05, 0.1) is 11.4 Å². The van der Waals surface area contributed by atoms with Crippen LogP contribution < -0.4 is 0 Å². The summed E-state index contributed by atoms with van der Waals surface area (Å²) < 4.78 is 0. The number of nitrogens with zero attached hydrogens (tertiary/aromatic N) is 3. The van der Waals surface area contributed by atoms with E-state index in [1.54, 1.807) is 0 Å². The maximum Gasteiger partial charge on any atom is 0.372 e. The summed E-state index contributed by atoms with van der Waals surface area (Å²) in [6.45, 7) is 10.3. The average Bonchev–Trinajstić information content (AvgIpc) is 1.85. The Bertz CT molecular complexity index is 265. The molecule has 50 valence electrons. The lowest BCUT2D eigenvalue weighted by atomic mass is 10.4. The molecule has 0 N–H and O–H groups in total. The van der Waals surface area contributed by atoms with Gasteiger partial charge in [-0.1, -0.05) is 0 Å². The van der Waals surface area contributed by atoms with Crippen LogP contribution in [0.2, 0.25) is 0 Å². The van der Waals surface area contributed by atoms with Crippen LogP contribution in [0.1, 0.15) is 11.4 Å². The van der Waals surface area contributed by atoms with Crippen LogP contribution in [0.25, 0.3) is 4.85 Å². The molecule has 1 aromatic heterocycles. The first kappa shape index (κ1) is 6.69. The Morgan fingerprint density at radius 1 is 1.30 bits per heavy atom. The zero-order chi connectivity index (χ0) is 7.56. The van der Waals surface area contributed by atoms with E-state index >= 15 is 0 Å². The van der Waals surface area contributed by atoms with E-state index in [0.717, 1.165) is 11.4 Å². The first-order valence-electron chi connectivity index (χ1n) is 2.92. The van der Waals surface area contributed by atoms with Gasteiger partial charge in [-0.2, -0.15) is 9.97 Å². The Hall–Kier alpha value is -1.43. The average molecular weight is 133 g/mol. The third-order valence-electron chi connectivity index (χ3n) is 1.07. The molecule has 1 aromatic rings. The molecule has 0 amide bonds. The lowest BCUT2D eigenvalue weighted by molar-refractivity contribution is 1.08. The van der Waals surface area contributed by atoms with Crippen molar-refractivity contribution in [3.63, 3.8) is 0 Å². The van der Waals surface area contributed by atoms with E-state index in [2.05, 4.69) is 14.8 Å². The predicted octanol–water partition coefficient (Wildman–Crippen LogP) is 1.64. The summed E-state index contributed by atoms with van der Waals surface area (Å²) in [6.07, 6.45) is 0. The first-order valence-corrected chi connectivity index (χ1v) is 2.92. The molecular weight excluding hydrogens is 126 g/mol. The molecule has 0 aliphatic heterocycles. The minimum Gasteiger partial charge on any atom is -0.394 e. The largest absolute Gasteiger partial charge is 0.394 e. The molecular formula is C7H7N3. The number of aromatic nitrogens is 2. The van der Waals surface area contributed by atoms with E-state index in [4.69, 9.17) is 6.57 Å². The minimum absolute atomic E-state index is 0.234. The predicted molar refractivity (Wildman–Crippen MR) is 37.8 cm³/mol. The molecule has 0 fully saturated rings. The second-order valence-corrected chi connectivity index (χ2v) is 2.06. The van der Waals surface area contributed by atoms with Crippen LogP contribution in [0.15, 0.2) is 6.07 Å². The molecule has 0 radical (unpaired) electrons. The second kappa shape index (κ2) is 2.44. The van der Waals surface area contributed by atoms with Gasteiger partial charge >= 0.3 is 5.95 Å². The lowest BCUT2D eigenvalue weighted by Gasteiger charge is -1.90. The van der Waals surface area contributed by atoms with E-state index in [1.165, 1.54) is 0 Å². The van der Waals surface area contributed by atoms with Gasteiger partial charge in [0.1, 0.15) is 0 Å². The number of rotatable bonds is 0. The van der Waals surface area contributed by atoms with E-state index in [0.29, 0.717) is 0 Å². The highest BCUT2D eigenvalue weighted by atomic mass is 15.0. The number of hydrogen-bond acceptors (Lipinski definition) is 2.